The molecular formula is C13H26O4. The predicted octanol–water partition coefficient (Wildman–Crippen LogP) is 4.04. The van der Waals surface area contributed by atoms with E-state index in [1.54, 1.807) is 6.92 Å². The molecule has 0 aliphatic rings. The Balaban J connectivity index is 4.61. The monoisotopic (exact) mass is 246 g/mol. The van der Waals surface area contributed by atoms with Crippen LogP contribution in [0.4, 0.5) is 4.79 Å². The lowest BCUT2D eigenvalue weighted by atomic mass is 9.81. The molecule has 0 heterocycles. The summed E-state index contributed by atoms with van der Waals surface area (Å²) in [6.07, 6.45) is 2.20. The quantitative estimate of drug-likeness (QED) is 0.518. The maximum Gasteiger partial charge on any atom is 0.508 e. The van der Waals surface area contributed by atoms with Crippen molar-refractivity contribution in [2.45, 2.75) is 66.1 Å². The largest absolute Gasteiger partial charge is 0.508 e. The standard InChI is InChI=1S/C13H26O4/c1-6-8-12(3,4)10-13(5,16-9-7-2)17-11(14)15/h6-10H2,1-5H3,(H,14,15). The molecule has 4 nitrogen and oxygen atoms in total. The summed E-state index contributed by atoms with van der Waals surface area (Å²) in [7, 11) is 0. The number of ether oxygens (including phenoxy) is 2. The zero-order valence-corrected chi connectivity index (χ0v) is 11.7. The lowest BCUT2D eigenvalue weighted by molar-refractivity contribution is -0.215. The van der Waals surface area contributed by atoms with E-state index in [0.717, 1.165) is 19.3 Å². The van der Waals surface area contributed by atoms with E-state index in [1.807, 2.05) is 6.92 Å². The Hall–Kier alpha value is -0.770. The molecule has 1 unspecified atom stereocenters. The van der Waals surface area contributed by atoms with E-state index in [9.17, 15) is 4.79 Å². The first-order valence-corrected chi connectivity index (χ1v) is 6.30. The number of carbonyl (C=O) groups is 1. The summed E-state index contributed by atoms with van der Waals surface area (Å²) in [6.45, 7) is 10.5. The van der Waals surface area contributed by atoms with Gasteiger partial charge < -0.3 is 14.6 Å². The second-order valence-corrected chi connectivity index (χ2v) is 5.44. The summed E-state index contributed by atoms with van der Waals surface area (Å²) in [5.74, 6) is -1.04. The number of rotatable bonds is 8. The molecule has 0 aliphatic heterocycles. The summed E-state index contributed by atoms with van der Waals surface area (Å²) < 4.78 is 10.5. The van der Waals surface area contributed by atoms with Crippen molar-refractivity contribution < 1.29 is 19.4 Å². The fourth-order valence-electron chi connectivity index (χ4n) is 2.25. The molecule has 4 heteroatoms. The first kappa shape index (κ1) is 16.2. The van der Waals surface area contributed by atoms with Gasteiger partial charge in [0, 0.05) is 13.3 Å². The van der Waals surface area contributed by atoms with Crippen molar-refractivity contribution in [1.29, 1.82) is 0 Å². The summed E-state index contributed by atoms with van der Waals surface area (Å²) >= 11 is 0. The SMILES string of the molecule is CCCOC(C)(CC(C)(C)CCC)OC(=O)O. The highest BCUT2D eigenvalue weighted by Gasteiger charge is 2.36. The van der Waals surface area contributed by atoms with Crippen LogP contribution in [0.3, 0.4) is 0 Å². The smallest absolute Gasteiger partial charge is 0.450 e. The normalized spacial score (nSPS) is 15.4. The van der Waals surface area contributed by atoms with Gasteiger partial charge in [-0.3, -0.25) is 0 Å². The highest BCUT2D eigenvalue weighted by Crippen LogP contribution is 2.35. The minimum absolute atomic E-state index is 0.00664. The van der Waals surface area contributed by atoms with Gasteiger partial charge in [-0.1, -0.05) is 34.1 Å². The second kappa shape index (κ2) is 6.84. The first-order valence-electron chi connectivity index (χ1n) is 6.30. The Morgan fingerprint density at radius 3 is 2.18 bits per heavy atom. The number of hydrogen-bond donors (Lipinski definition) is 1. The van der Waals surface area contributed by atoms with Crippen LogP contribution in [0.2, 0.25) is 0 Å². The van der Waals surface area contributed by atoms with Crippen molar-refractivity contribution in [2.24, 2.45) is 5.41 Å². The lowest BCUT2D eigenvalue weighted by Crippen LogP contribution is -2.39. The molecule has 0 bridgehead atoms. The van der Waals surface area contributed by atoms with E-state index in [1.165, 1.54) is 0 Å². The van der Waals surface area contributed by atoms with Crippen LogP contribution in [0.25, 0.3) is 0 Å². The van der Waals surface area contributed by atoms with Crippen LogP contribution >= 0.6 is 0 Å². The molecule has 0 amide bonds. The second-order valence-electron chi connectivity index (χ2n) is 5.44. The summed E-state index contributed by atoms with van der Waals surface area (Å²) in [5.41, 5.74) is 0.00664. The van der Waals surface area contributed by atoms with Crippen LogP contribution in [-0.4, -0.2) is 23.7 Å². The molecule has 0 radical (unpaired) electrons. The van der Waals surface area contributed by atoms with E-state index in [4.69, 9.17) is 14.6 Å². The van der Waals surface area contributed by atoms with Crippen LogP contribution in [0.1, 0.15) is 60.3 Å². The predicted molar refractivity (Wildman–Crippen MR) is 67.1 cm³/mol. The summed E-state index contributed by atoms with van der Waals surface area (Å²) in [5, 5.41) is 8.77. The molecule has 0 fully saturated rings. The fraction of sp³-hybridized carbons (Fsp3) is 0.923. The minimum Gasteiger partial charge on any atom is -0.450 e. The Bertz CT molecular complexity index is 238. The first-order chi connectivity index (χ1) is 7.74. The van der Waals surface area contributed by atoms with E-state index < -0.39 is 11.9 Å². The van der Waals surface area contributed by atoms with Gasteiger partial charge in [0.2, 0.25) is 5.79 Å². The Morgan fingerprint density at radius 2 is 1.76 bits per heavy atom. The average molecular weight is 246 g/mol. The zero-order chi connectivity index (χ0) is 13.5. The van der Waals surface area contributed by atoms with Crippen molar-refractivity contribution in [1.82, 2.24) is 0 Å². The van der Waals surface area contributed by atoms with E-state index in [2.05, 4.69) is 20.8 Å². The van der Waals surface area contributed by atoms with Crippen molar-refractivity contribution in [3.63, 3.8) is 0 Å². The van der Waals surface area contributed by atoms with Gasteiger partial charge in [0.05, 0.1) is 6.61 Å². The van der Waals surface area contributed by atoms with Gasteiger partial charge >= 0.3 is 6.16 Å². The maximum atomic E-state index is 10.7. The van der Waals surface area contributed by atoms with Gasteiger partial charge in [-0.2, -0.15) is 0 Å². The van der Waals surface area contributed by atoms with Crippen LogP contribution < -0.4 is 0 Å². The fourth-order valence-corrected chi connectivity index (χ4v) is 2.25. The van der Waals surface area contributed by atoms with E-state index in [-0.39, 0.29) is 5.41 Å². The molecule has 102 valence electrons. The van der Waals surface area contributed by atoms with Crippen LogP contribution in [0, 0.1) is 5.41 Å². The maximum absolute atomic E-state index is 10.7. The molecule has 0 aromatic carbocycles. The Labute approximate surface area is 104 Å². The van der Waals surface area contributed by atoms with Gasteiger partial charge in [0.25, 0.3) is 0 Å². The van der Waals surface area contributed by atoms with Crippen LogP contribution in [0.15, 0.2) is 0 Å². The topological polar surface area (TPSA) is 55.8 Å². The van der Waals surface area contributed by atoms with Gasteiger partial charge in [0.1, 0.15) is 0 Å². The molecule has 0 saturated carbocycles. The van der Waals surface area contributed by atoms with Gasteiger partial charge in [-0.05, 0) is 18.3 Å². The lowest BCUT2D eigenvalue weighted by Gasteiger charge is -2.35. The van der Waals surface area contributed by atoms with Crippen LogP contribution in [0.5, 0.6) is 0 Å². The summed E-state index contributed by atoms with van der Waals surface area (Å²) in [6, 6.07) is 0. The molecule has 17 heavy (non-hydrogen) atoms. The summed E-state index contributed by atoms with van der Waals surface area (Å²) in [4.78, 5) is 10.7. The van der Waals surface area contributed by atoms with Crippen molar-refractivity contribution in [3.8, 4) is 0 Å². The molecule has 0 aliphatic carbocycles. The van der Waals surface area contributed by atoms with Crippen molar-refractivity contribution >= 4 is 6.16 Å². The highest BCUT2D eigenvalue weighted by atomic mass is 16.8. The van der Waals surface area contributed by atoms with Crippen molar-refractivity contribution in [2.75, 3.05) is 6.61 Å². The van der Waals surface area contributed by atoms with Gasteiger partial charge in [-0.25, -0.2) is 4.79 Å². The minimum atomic E-state index is -1.28. The number of carboxylic acid groups (broad SMARTS) is 1. The number of hydrogen-bond acceptors (Lipinski definition) is 3. The third-order valence-electron chi connectivity index (χ3n) is 2.64. The van der Waals surface area contributed by atoms with Crippen molar-refractivity contribution in [3.05, 3.63) is 0 Å². The third kappa shape index (κ3) is 7.21. The van der Waals surface area contributed by atoms with E-state index in [0.29, 0.717) is 13.0 Å². The molecule has 0 spiro atoms. The molecule has 0 aromatic heterocycles. The van der Waals surface area contributed by atoms with Gasteiger partial charge in [-0.15, -0.1) is 0 Å². The molecule has 0 aromatic rings. The van der Waals surface area contributed by atoms with E-state index >= 15 is 0 Å². The third-order valence-corrected chi connectivity index (χ3v) is 2.64. The molecule has 1 atom stereocenters. The Kier molecular flexibility index (Phi) is 6.53. The zero-order valence-electron chi connectivity index (χ0n) is 11.7. The molecule has 0 rings (SSSR count). The molecular weight excluding hydrogens is 220 g/mol. The highest BCUT2D eigenvalue weighted by molar-refractivity contribution is 5.57. The Morgan fingerprint density at radius 1 is 1.18 bits per heavy atom. The van der Waals surface area contributed by atoms with Gasteiger partial charge in [0.15, 0.2) is 0 Å². The molecule has 1 N–H and O–H groups in total. The molecule has 0 saturated heterocycles. The van der Waals surface area contributed by atoms with Crippen LogP contribution in [-0.2, 0) is 9.47 Å². The average Bonchev–Trinajstić information content (AvgIpc) is 2.12.